The van der Waals surface area contributed by atoms with Gasteiger partial charge in [0.1, 0.15) is 11.4 Å². The first-order valence-corrected chi connectivity index (χ1v) is 14.1. The Balaban J connectivity index is 0.000000181. The molecule has 0 spiro atoms. The lowest BCUT2D eigenvalue weighted by molar-refractivity contribution is 0.00578. The number of hydrogen-bond acceptors (Lipinski definition) is 10. The maximum Gasteiger partial charge on any atom is 0.514 e. The molecule has 1 saturated heterocycles. The second-order valence-corrected chi connectivity index (χ2v) is 11.5. The summed E-state index contributed by atoms with van der Waals surface area (Å²) < 4.78 is 15.8. The molecule has 4 aromatic rings. The van der Waals surface area contributed by atoms with Crippen LogP contribution in [-0.4, -0.2) is 68.0 Å². The maximum atomic E-state index is 9.21. The molecular weight excluding hydrogens is 559 g/mol. The number of aliphatic hydroxyl groups excluding tert-OH is 2. The van der Waals surface area contributed by atoms with Crippen LogP contribution in [0.25, 0.3) is 11.4 Å². The molecule has 0 radical (unpaired) electrons. The van der Waals surface area contributed by atoms with Crippen LogP contribution < -0.4 is 5.59 Å². The highest BCUT2D eigenvalue weighted by molar-refractivity contribution is 6.61. The summed E-state index contributed by atoms with van der Waals surface area (Å²) in [7, 11) is -0.329. The zero-order chi connectivity index (χ0) is 31.1. The fraction of sp³-hybridized carbons (Fsp3) is 0.500. The summed E-state index contributed by atoms with van der Waals surface area (Å²) in [6, 6.07) is 4.39. The molecule has 1 aliphatic heterocycles. The average Bonchev–Trinajstić information content (AvgIpc) is 3.68. The van der Waals surface area contributed by atoms with Gasteiger partial charge in [0.05, 0.1) is 41.4 Å². The molecule has 0 saturated carbocycles. The van der Waals surface area contributed by atoms with Crippen LogP contribution in [0.15, 0.2) is 49.3 Å². The monoisotopic (exact) mass is 598 g/mol. The third-order valence-electron chi connectivity index (χ3n) is 6.88. The van der Waals surface area contributed by atoms with Crippen LogP contribution >= 0.6 is 11.6 Å². The second kappa shape index (κ2) is 14.3. The molecule has 0 unspecified atom stereocenters. The van der Waals surface area contributed by atoms with Crippen molar-refractivity contribution in [3.05, 3.63) is 65.9 Å². The minimum atomic E-state index is -0.329. The van der Waals surface area contributed by atoms with Gasteiger partial charge in [-0.15, -0.1) is 0 Å². The van der Waals surface area contributed by atoms with E-state index in [-0.39, 0.29) is 42.7 Å². The van der Waals surface area contributed by atoms with E-state index in [1.54, 1.807) is 24.8 Å². The van der Waals surface area contributed by atoms with Crippen LogP contribution in [0.2, 0.25) is 5.15 Å². The standard InChI is InChI=1S/C12H21BN2O2.C11H14N4O.C5H5ClN2O/c1-9(2)15-10(7-8-14-15)13-16-11(3,4)12(5,6)17-13;1-8(2)15-10(3-4-14-15)11-9(7-16)12-5-6-13-11;6-5-4(3-9)7-1-2-8-5/h7-9H,1-6H3;3-6,8,16H,7H2,1-2H3;1-2,9H,3H2. The molecule has 4 aromatic heterocycles. The van der Waals surface area contributed by atoms with Crippen LogP contribution in [0.5, 0.6) is 0 Å². The van der Waals surface area contributed by atoms with Crippen molar-refractivity contribution < 1.29 is 19.5 Å². The summed E-state index contributed by atoms with van der Waals surface area (Å²) in [5, 5.41) is 26.6. The summed E-state index contributed by atoms with van der Waals surface area (Å²) in [6.45, 7) is 16.2. The van der Waals surface area contributed by atoms with Gasteiger partial charge in [-0.2, -0.15) is 10.2 Å². The molecule has 14 heteroatoms. The van der Waals surface area contributed by atoms with Gasteiger partial charge in [-0.3, -0.25) is 24.3 Å². The third kappa shape index (κ3) is 7.78. The molecule has 0 amide bonds. The first-order chi connectivity index (χ1) is 19.8. The number of aliphatic hydroxyl groups is 2. The summed E-state index contributed by atoms with van der Waals surface area (Å²) >= 11 is 5.49. The van der Waals surface area contributed by atoms with Crippen molar-refractivity contribution >= 4 is 24.3 Å². The van der Waals surface area contributed by atoms with E-state index in [1.165, 1.54) is 12.4 Å². The molecule has 0 bridgehead atoms. The molecule has 226 valence electrons. The fourth-order valence-corrected chi connectivity index (χ4v) is 4.14. The predicted octanol–water partition coefficient (Wildman–Crippen LogP) is 3.80. The van der Waals surface area contributed by atoms with Crippen LogP contribution in [0.1, 0.15) is 78.9 Å². The Hall–Kier alpha value is -3.23. The van der Waals surface area contributed by atoms with Crippen LogP contribution in [0, 0.1) is 0 Å². The Bertz CT molecular complexity index is 1410. The second-order valence-electron chi connectivity index (χ2n) is 11.1. The summed E-state index contributed by atoms with van der Waals surface area (Å²) in [5.74, 6) is 0. The molecule has 1 fully saturated rings. The Morgan fingerprint density at radius 2 is 1.24 bits per heavy atom. The smallest absolute Gasteiger partial charge is 0.398 e. The molecule has 42 heavy (non-hydrogen) atoms. The van der Waals surface area contributed by atoms with Gasteiger partial charge >= 0.3 is 7.12 Å². The number of rotatable bonds is 6. The average molecular weight is 599 g/mol. The van der Waals surface area contributed by atoms with Crippen molar-refractivity contribution in [3.63, 3.8) is 0 Å². The summed E-state index contributed by atoms with van der Waals surface area (Å²) in [6.07, 6.45) is 9.67. The number of aromatic nitrogens is 8. The minimum Gasteiger partial charge on any atom is -0.398 e. The van der Waals surface area contributed by atoms with Crippen molar-refractivity contribution in [1.82, 2.24) is 39.5 Å². The third-order valence-corrected chi connectivity index (χ3v) is 7.20. The van der Waals surface area contributed by atoms with Crippen LogP contribution in [0.4, 0.5) is 0 Å². The zero-order valence-corrected chi connectivity index (χ0v) is 26.2. The molecule has 2 N–H and O–H groups in total. The normalized spacial score (nSPS) is 15.3. The van der Waals surface area contributed by atoms with Crippen molar-refractivity contribution in [1.29, 1.82) is 0 Å². The van der Waals surface area contributed by atoms with Gasteiger partial charge in [-0.25, -0.2) is 4.98 Å². The lowest BCUT2D eigenvalue weighted by Crippen LogP contribution is -2.41. The summed E-state index contributed by atoms with van der Waals surface area (Å²) in [4.78, 5) is 15.8. The summed E-state index contributed by atoms with van der Waals surface area (Å²) in [5.41, 5.74) is 2.94. The van der Waals surface area contributed by atoms with E-state index in [9.17, 15) is 5.11 Å². The maximum absolute atomic E-state index is 9.21. The number of hydrogen-bond donors (Lipinski definition) is 2. The van der Waals surface area contributed by atoms with Gasteiger partial charge in [0.15, 0.2) is 5.15 Å². The number of nitrogens with zero attached hydrogens (tertiary/aromatic N) is 8. The molecule has 5 rings (SSSR count). The topological polar surface area (TPSA) is 146 Å². The number of halogens is 1. The van der Waals surface area contributed by atoms with E-state index in [4.69, 9.17) is 26.0 Å². The highest BCUT2D eigenvalue weighted by Gasteiger charge is 2.52. The van der Waals surface area contributed by atoms with Crippen molar-refractivity contribution in [2.45, 2.75) is 91.9 Å². The van der Waals surface area contributed by atoms with Crippen LogP contribution in [0.3, 0.4) is 0 Å². The Morgan fingerprint density at radius 3 is 1.76 bits per heavy atom. The first-order valence-electron chi connectivity index (χ1n) is 13.7. The van der Waals surface area contributed by atoms with Crippen molar-refractivity contribution in [2.24, 2.45) is 0 Å². The molecule has 0 aromatic carbocycles. The minimum absolute atomic E-state index is 0.119. The van der Waals surface area contributed by atoms with Gasteiger partial charge in [-0.05, 0) is 67.5 Å². The lowest BCUT2D eigenvalue weighted by atomic mass is 9.84. The van der Waals surface area contributed by atoms with Gasteiger partial charge in [-0.1, -0.05) is 11.6 Å². The quantitative estimate of drug-likeness (QED) is 0.314. The van der Waals surface area contributed by atoms with E-state index >= 15 is 0 Å². The Kier molecular flexibility index (Phi) is 11.3. The highest BCUT2D eigenvalue weighted by atomic mass is 35.5. The van der Waals surface area contributed by atoms with Gasteiger partial charge in [0.25, 0.3) is 0 Å². The lowest BCUT2D eigenvalue weighted by Gasteiger charge is -2.32. The zero-order valence-electron chi connectivity index (χ0n) is 25.4. The van der Waals surface area contributed by atoms with E-state index < -0.39 is 0 Å². The van der Waals surface area contributed by atoms with Gasteiger partial charge in [0, 0.05) is 49.3 Å². The molecule has 0 aliphatic carbocycles. The molecule has 1 aliphatic rings. The van der Waals surface area contributed by atoms with E-state index in [0.29, 0.717) is 23.1 Å². The Morgan fingerprint density at radius 1 is 0.738 bits per heavy atom. The molecule has 5 heterocycles. The predicted molar refractivity (Wildman–Crippen MR) is 161 cm³/mol. The Labute approximate surface area is 252 Å². The van der Waals surface area contributed by atoms with Crippen LogP contribution in [-0.2, 0) is 22.5 Å². The van der Waals surface area contributed by atoms with E-state index in [0.717, 1.165) is 11.3 Å². The largest absolute Gasteiger partial charge is 0.514 e. The van der Waals surface area contributed by atoms with Gasteiger partial charge in [0.2, 0.25) is 0 Å². The highest BCUT2D eigenvalue weighted by Crippen LogP contribution is 2.36. The molecule has 12 nitrogen and oxygen atoms in total. The fourth-order valence-electron chi connectivity index (χ4n) is 3.97. The molecule has 0 atom stereocenters. The van der Waals surface area contributed by atoms with E-state index in [2.05, 4.69) is 71.7 Å². The van der Waals surface area contributed by atoms with Gasteiger partial charge < -0.3 is 19.5 Å². The van der Waals surface area contributed by atoms with Crippen molar-refractivity contribution in [3.8, 4) is 11.4 Å². The SMILES string of the molecule is CC(C)n1nccc1-c1nccnc1CO.CC(C)n1nccc1B1OC(C)(C)C(C)(C)O1.OCc1nccnc1Cl. The first kappa shape index (κ1) is 33.3. The van der Waals surface area contributed by atoms with E-state index in [1.807, 2.05) is 35.3 Å². The van der Waals surface area contributed by atoms with Crippen molar-refractivity contribution in [2.75, 3.05) is 0 Å². The molecular formula is C28H40BClN8O4.